The van der Waals surface area contributed by atoms with Gasteiger partial charge < -0.3 is 0 Å². The molecule has 72 valence electrons. The molecule has 0 N–H and O–H groups in total. The van der Waals surface area contributed by atoms with Crippen molar-refractivity contribution < 1.29 is 0 Å². The number of rotatable bonds is 4. The molecule has 0 aliphatic carbocycles. The molecule has 1 aromatic heterocycles. The second-order valence-electron chi connectivity index (χ2n) is 3.56. The predicted molar refractivity (Wildman–Crippen MR) is 56.8 cm³/mol. The Kier molecular flexibility index (Phi) is 3.47. The van der Waals surface area contributed by atoms with Gasteiger partial charge in [0.05, 0.1) is 0 Å². The van der Waals surface area contributed by atoms with Gasteiger partial charge >= 0.3 is 0 Å². The molecule has 1 rings (SSSR count). The normalized spacial score (nSPS) is 11.6. The van der Waals surface area contributed by atoms with E-state index in [1.165, 1.54) is 25.0 Å². The van der Waals surface area contributed by atoms with Crippen molar-refractivity contribution in [3.05, 3.63) is 30.1 Å². The lowest BCUT2D eigenvalue weighted by molar-refractivity contribution is 0.371. The molecule has 0 unspecified atom stereocenters. The van der Waals surface area contributed by atoms with Crippen molar-refractivity contribution in [2.45, 2.75) is 45.4 Å². The van der Waals surface area contributed by atoms with Crippen LogP contribution in [0.4, 0.5) is 0 Å². The Morgan fingerprint density at radius 1 is 1.08 bits per heavy atom. The zero-order chi connectivity index (χ0) is 9.73. The maximum atomic E-state index is 4.46. The lowest BCUT2D eigenvalue weighted by Crippen LogP contribution is -2.24. The fourth-order valence-electron chi connectivity index (χ4n) is 1.97. The van der Waals surface area contributed by atoms with Crippen molar-refractivity contribution in [1.82, 2.24) is 4.98 Å². The Bertz CT molecular complexity index is 228. The summed E-state index contributed by atoms with van der Waals surface area (Å²) >= 11 is 0. The van der Waals surface area contributed by atoms with Gasteiger partial charge in [0.1, 0.15) is 0 Å². The topological polar surface area (TPSA) is 12.9 Å². The van der Waals surface area contributed by atoms with Gasteiger partial charge in [-0.25, -0.2) is 0 Å². The van der Waals surface area contributed by atoms with E-state index in [4.69, 9.17) is 0 Å². The number of aromatic nitrogens is 1. The average molecular weight is 177 g/mol. The molecule has 0 spiro atoms. The molecule has 13 heavy (non-hydrogen) atoms. The Hall–Kier alpha value is -0.850. The van der Waals surface area contributed by atoms with Crippen LogP contribution in [0.3, 0.4) is 0 Å². The zero-order valence-corrected chi connectivity index (χ0v) is 8.88. The van der Waals surface area contributed by atoms with Crippen LogP contribution < -0.4 is 0 Å². The van der Waals surface area contributed by atoms with Crippen LogP contribution in [0.5, 0.6) is 0 Å². The zero-order valence-electron chi connectivity index (χ0n) is 8.88. The minimum Gasteiger partial charge on any atom is -0.261 e. The van der Waals surface area contributed by atoms with Crippen LogP contribution in [0.1, 0.15) is 45.7 Å². The van der Waals surface area contributed by atoms with Gasteiger partial charge in [-0.2, -0.15) is 0 Å². The highest BCUT2D eigenvalue weighted by Gasteiger charge is 2.26. The van der Waals surface area contributed by atoms with Gasteiger partial charge in [0.15, 0.2) is 0 Å². The molecule has 0 bridgehead atoms. The van der Waals surface area contributed by atoms with E-state index in [2.05, 4.69) is 37.9 Å². The van der Waals surface area contributed by atoms with Crippen LogP contribution in [0.2, 0.25) is 0 Å². The number of hydrogen-bond donors (Lipinski definition) is 0. The summed E-state index contributed by atoms with van der Waals surface area (Å²) in [5.74, 6) is 0. The standard InChI is InChI=1S/C12H19N/c1-4-12(5-2,6-3)11-9-7-8-10-13-11/h7-10H,4-6H2,1-3H3. The molecular formula is C12H19N. The minimum absolute atomic E-state index is 0.307. The van der Waals surface area contributed by atoms with Crippen molar-refractivity contribution in [3.8, 4) is 0 Å². The van der Waals surface area contributed by atoms with Gasteiger partial charge in [-0.15, -0.1) is 0 Å². The first-order valence-electron chi connectivity index (χ1n) is 5.20. The first kappa shape index (κ1) is 10.2. The number of nitrogens with zero attached hydrogens (tertiary/aromatic N) is 1. The second-order valence-corrected chi connectivity index (χ2v) is 3.56. The third kappa shape index (κ3) is 1.90. The summed E-state index contributed by atoms with van der Waals surface area (Å²) < 4.78 is 0. The van der Waals surface area contributed by atoms with Crippen LogP contribution in [0.25, 0.3) is 0 Å². The Morgan fingerprint density at radius 3 is 2.08 bits per heavy atom. The molecule has 1 heteroatoms. The van der Waals surface area contributed by atoms with Gasteiger partial charge in [0, 0.05) is 17.3 Å². The van der Waals surface area contributed by atoms with Crippen LogP contribution >= 0.6 is 0 Å². The monoisotopic (exact) mass is 177 g/mol. The molecule has 0 radical (unpaired) electrons. The van der Waals surface area contributed by atoms with Gasteiger partial charge in [-0.3, -0.25) is 4.98 Å². The molecule has 0 atom stereocenters. The van der Waals surface area contributed by atoms with Crippen LogP contribution in [0, 0.1) is 0 Å². The molecule has 1 heterocycles. The Labute approximate surface area is 81.2 Å². The van der Waals surface area contributed by atoms with E-state index in [0.29, 0.717) is 5.41 Å². The van der Waals surface area contributed by atoms with E-state index in [-0.39, 0.29) is 0 Å². The van der Waals surface area contributed by atoms with Crippen molar-refractivity contribution in [2.24, 2.45) is 0 Å². The van der Waals surface area contributed by atoms with Crippen molar-refractivity contribution in [2.75, 3.05) is 0 Å². The molecule has 1 nitrogen and oxygen atoms in total. The first-order chi connectivity index (χ1) is 6.29. The Morgan fingerprint density at radius 2 is 1.69 bits per heavy atom. The van der Waals surface area contributed by atoms with Crippen molar-refractivity contribution in [3.63, 3.8) is 0 Å². The van der Waals surface area contributed by atoms with Crippen LogP contribution in [-0.2, 0) is 5.41 Å². The lowest BCUT2D eigenvalue weighted by atomic mass is 9.76. The van der Waals surface area contributed by atoms with E-state index < -0.39 is 0 Å². The maximum absolute atomic E-state index is 4.46. The van der Waals surface area contributed by atoms with E-state index in [0.717, 1.165) is 0 Å². The third-order valence-corrected chi connectivity index (χ3v) is 3.24. The highest BCUT2D eigenvalue weighted by atomic mass is 14.7. The molecule has 0 aromatic carbocycles. The summed E-state index contributed by atoms with van der Waals surface area (Å²) in [4.78, 5) is 4.46. The average Bonchev–Trinajstić information content (AvgIpc) is 2.23. The quantitative estimate of drug-likeness (QED) is 0.685. The minimum atomic E-state index is 0.307. The van der Waals surface area contributed by atoms with Gasteiger partial charge in [0.2, 0.25) is 0 Å². The van der Waals surface area contributed by atoms with Gasteiger partial charge in [-0.1, -0.05) is 26.8 Å². The van der Waals surface area contributed by atoms with Gasteiger partial charge in [0.25, 0.3) is 0 Å². The van der Waals surface area contributed by atoms with Gasteiger partial charge in [-0.05, 0) is 31.4 Å². The fourth-order valence-corrected chi connectivity index (χ4v) is 1.97. The third-order valence-electron chi connectivity index (χ3n) is 3.24. The predicted octanol–water partition coefficient (Wildman–Crippen LogP) is 3.55. The smallest absolute Gasteiger partial charge is 0.0465 e. The first-order valence-corrected chi connectivity index (χ1v) is 5.20. The fraction of sp³-hybridized carbons (Fsp3) is 0.583. The molecule has 1 aromatic rings. The van der Waals surface area contributed by atoms with E-state index in [1.807, 2.05) is 12.3 Å². The molecule has 0 aliphatic heterocycles. The Balaban J connectivity index is 3.01. The molecule has 0 aliphatic rings. The second kappa shape index (κ2) is 4.40. The van der Waals surface area contributed by atoms with Crippen LogP contribution in [0.15, 0.2) is 24.4 Å². The highest BCUT2D eigenvalue weighted by Crippen LogP contribution is 2.33. The number of hydrogen-bond acceptors (Lipinski definition) is 1. The summed E-state index contributed by atoms with van der Waals surface area (Å²) in [6.45, 7) is 6.75. The summed E-state index contributed by atoms with van der Waals surface area (Å²) in [6, 6.07) is 6.21. The summed E-state index contributed by atoms with van der Waals surface area (Å²) in [7, 11) is 0. The van der Waals surface area contributed by atoms with Crippen LogP contribution in [-0.4, -0.2) is 4.98 Å². The summed E-state index contributed by atoms with van der Waals surface area (Å²) in [5, 5.41) is 0. The summed E-state index contributed by atoms with van der Waals surface area (Å²) in [6.07, 6.45) is 5.43. The molecular weight excluding hydrogens is 158 g/mol. The van der Waals surface area contributed by atoms with E-state index >= 15 is 0 Å². The maximum Gasteiger partial charge on any atom is 0.0465 e. The van der Waals surface area contributed by atoms with E-state index in [1.54, 1.807) is 0 Å². The SMILES string of the molecule is CCC(CC)(CC)c1ccccn1. The summed E-state index contributed by atoms with van der Waals surface area (Å²) in [5.41, 5.74) is 1.56. The molecule has 0 saturated carbocycles. The van der Waals surface area contributed by atoms with Crippen molar-refractivity contribution in [1.29, 1.82) is 0 Å². The molecule has 0 fully saturated rings. The molecule has 0 amide bonds. The van der Waals surface area contributed by atoms with Crippen molar-refractivity contribution >= 4 is 0 Å². The lowest BCUT2D eigenvalue weighted by Gasteiger charge is -2.29. The largest absolute Gasteiger partial charge is 0.261 e. The number of pyridine rings is 1. The highest BCUT2D eigenvalue weighted by molar-refractivity contribution is 5.16. The molecule has 0 saturated heterocycles. The van der Waals surface area contributed by atoms with E-state index in [9.17, 15) is 0 Å².